The van der Waals surface area contributed by atoms with Crippen LogP contribution in [-0.4, -0.2) is 79.0 Å². The quantitative estimate of drug-likeness (QED) is 0.752. The van der Waals surface area contributed by atoms with Crippen molar-refractivity contribution in [3.05, 3.63) is 36.4 Å². The first-order chi connectivity index (χ1) is 14.9. The van der Waals surface area contributed by atoms with Gasteiger partial charge in [0.25, 0.3) is 0 Å². The summed E-state index contributed by atoms with van der Waals surface area (Å²) in [5, 5.41) is 0. The number of hydrogen-bond acceptors (Lipinski definition) is 7. The molecule has 0 radical (unpaired) electrons. The zero-order valence-electron chi connectivity index (χ0n) is 17.6. The van der Waals surface area contributed by atoms with Crippen LogP contribution in [0.2, 0.25) is 0 Å². The van der Waals surface area contributed by atoms with E-state index in [-0.39, 0.29) is 0 Å². The largest absolute Gasteiger partial charge is 0.381 e. The lowest BCUT2D eigenvalue weighted by Crippen LogP contribution is -2.39. The molecular weight excluding hydrogens is 378 g/mol. The fourth-order valence-corrected chi connectivity index (χ4v) is 4.90. The van der Waals surface area contributed by atoms with Crippen LogP contribution in [0, 0.1) is 5.92 Å². The van der Waals surface area contributed by atoms with Crippen LogP contribution in [-0.2, 0) is 9.47 Å². The smallest absolute Gasteiger partial charge is 0.225 e. The number of piperidine rings is 1. The maximum Gasteiger partial charge on any atom is 0.225 e. The Hall–Kier alpha value is -2.09. The monoisotopic (exact) mass is 409 g/mol. The molecule has 7 heteroatoms. The van der Waals surface area contributed by atoms with Crippen LogP contribution >= 0.6 is 0 Å². The first-order valence-electron chi connectivity index (χ1n) is 11.3. The van der Waals surface area contributed by atoms with E-state index in [0.717, 1.165) is 69.7 Å². The van der Waals surface area contributed by atoms with Gasteiger partial charge in [-0.25, -0.2) is 9.97 Å². The second-order valence-corrected chi connectivity index (χ2v) is 8.63. The number of aromatic nitrogens is 3. The average Bonchev–Trinajstić information content (AvgIpc) is 3.33. The molecule has 0 saturated carbocycles. The highest BCUT2D eigenvalue weighted by Gasteiger charge is 2.29. The third kappa shape index (κ3) is 4.48. The molecule has 0 aromatic carbocycles. The molecule has 160 valence electrons. The molecule has 3 aliphatic heterocycles. The number of morpholine rings is 1. The highest BCUT2D eigenvalue weighted by atomic mass is 16.5. The van der Waals surface area contributed by atoms with Crippen molar-refractivity contribution in [3.63, 3.8) is 0 Å². The molecule has 0 spiro atoms. The molecule has 3 aliphatic rings. The Morgan fingerprint density at radius 3 is 2.67 bits per heavy atom. The Morgan fingerprint density at radius 2 is 1.87 bits per heavy atom. The predicted octanol–water partition coefficient (Wildman–Crippen LogP) is 2.59. The molecule has 3 fully saturated rings. The molecule has 0 N–H and O–H groups in total. The van der Waals surface area contributed by atoms with E-state index >= 15 is 0 Å². The van der Waals surface area contributed by atoms with Gasteiger partial charge in [-0.15, -0.1) is 0 Å². The predicted molar refractivity (Wildman–Crippen MR) is 116 cm³/mol. The summed E-state index contributed by atoms with van der Waals surface area (Å²) in [6.07, 6.45) is 9.30. The molecule has 5 rings (SSSR count). The van der Waals surface area contributed by atoms with Crippen molar-refractivity contribution in [1.82, 2.24) is 19.9 Å². The second kappa shape index (κ2) is 9.37. The minimum atomic E-state index is 0.423. The van der Waals surface area contributed by atoms with Crippen LogP contribution < -0.4 is 4.90 Å². The SMILES string of the molecule is c1cc(-c2cnc(N3CCOCC3)nc2[C@@H]2CCCN(C[C@@H]3CCOC3)C2)ccn1. The number of hydrogen-bond donors (Lipinski definition) is 0. The lowest BCUT2D eigenvalue weighted by molar-refractivity contribution is 0.122. The number of rotatable bonds is 5. The summed E-state index contributed by atoms with van der Waals surface area (Å²) in [7, 11) is 0. The fourth-order valence-electron chi connectivity index (χ4n) is 4.90. The van der Waals surface area contributed by atoms with Gasteiger partial charge in [0, 0.05) is 62.9 Å². The van der Waals surface area contributed by atoms with Crippen molar-refractivity contribution in [2.45, 2.75) is 25.2 Å². The van der Waals surface area contributed by atoms with Crippen LogP contribution in [0.1, 0.15) is 30.9 Å². The van der Waals surface area contributed by atoms with Gasteiger partial charge in [0.15, 0.2) is 0 Å². The topological polar surface area (TPSA) is 63.6 Å². The van der Waals surface area contributed by atoms with Crippen molar-refractivity contribution >= 4 is 5.95 Å². The first-order valence-corrected chi connectivity index (χ1v) is 11.3. The van der Waals surface area contributed by atoms with Crippen LogP contribution in [0.25, 0.3) is 11.1 Å². The average molecular weight is 410 g/mol. The van der Waals surface area contributed by atoms with Crippen LogP contribution in [0.5, 0.6) is 0 Å². The molecule has 2 aromatic heterocycles. The van der Waals surface area contributed by atoms with E-state index in [1.807, 2.05) is 18.6 Å². The van der Waals surface area contributed by atoms with E-state index in [1.165, 1.54) is 31.5 Å². The van der Waals surface area contributed by atoms with E-state index < -0.39 is 0 Å². The molecular formula is C23H31N5O2. The highest BCUT2D eigenvalue weighted by Crippen LogP contribution is 2.34. The third-order valence-electron chi connectivity index (χ3n) is 6.52. The van der Waals surface area contributed by atoms with Gasteiger partial charge in [-0.05, 0) is 49.4 Å². The summed E-state index contributed by atoms with van der Waals surface area (Å²) < 4.78 is 11.1. The number of likely N-dealkylation sites (tertiary alicyclic amines) is 1. The summed E-state index contributed by atoms with van der Waals surface area (Å²) in [5.41, 5.74) is 3.48. The van der Waals surface area contributed by atoms with E-state index in [9.17, 15) is 0 Å². The molecule has 0 aliphatic carbocycles. The summed E-state index contributed by atoms with van der Waals surface area (Å²) in [5.74, 6) is 1.94. The lowest BCUT2D eigenvalue weighted by atomic mass is 9.89. The zero-order chi connectivity index (χ0) is 20.2. The molecule has 5 heterocycles. The number of anilines is 1. The molecule has 7 nitrogen and oxygen atoms in total. The summed E-state index contributed by atoms with van der Waals surface area (Å²) in [4.78, 5) is 19.0. The maximum atomic E-state index is 5.60. The van der Waals surface area contributed by atoms with Crippen molar-refractivity contribution in [1.29, 1.82) is 0 Å². The third-order valence-corrected chi connectivity index (χ3v) is 6.52. The Bertz CT molecular complexity index is 822. The van der Waals surface area contributed by atoms with Crippen LogP contribution in [0.3, 0.4) is 0 Å². The van der Waals surface area contributed by atoms with Crippen LogP contribution in [0.4, 0.5) is 5.95 Å². The first kappa shape index (κ1) is 19.8. The lowest BCUT2D eigenvalue weighted by Gasteiger charge is -2.35. The van der Waals surface area contributed by atoms with Crippen molar-refractivity contribution in [2.75, 3.05) is 64.1 Å². The molecule has 3 saturated heterocycles. The molecule has 0 amide bonds. The molecule has 2 atom stereocenters. The van der Waals surface area contributed by atoms with Gasteiger partial charge in [0.2, 0.25) is 5.95 Å². The van der Waals surface area contributed by atoms with E-state index in [0.29, 0.717) is 11.8 Å². The van der Waals surface area contributed by atoms with Gasteiger partial charge in [-0.2, -0.15) is 0 Å². The Labute approximate surface area is 178 Å². The van der Waals surface area contributed by atoms with Gasteiger partial charge >= 0.3 is 0 Å². The minimum absolute atomic E-state index is 0.423. The molecule has 0 bridgehead atoms. The van der Waals surface area contributed by atoms with Crippen LogP contribution in [0.15, 0.2) is 30.7 Å². The Morgan fingerprint density at radius 1 is 1.00 bits per heavy atom. The molecule has 30 heavy (non-hydrogen) atoms. The van der Waals surface area contributed by atoms with Gasteiger partial charge in [0.1, 0.15) is 0 Å². The Balaban J connectivity index is 1.42. The second-order valence-electron chi connectivity index (χ2n) is 8.63. The van der Waals surface area contributed by atoms with Gasteiger partial charge in [-0.3, -0.25) is 4.98 Å². The normalized spacial score (nSPS) is 25.5. The fraction of sp³-hybridized carbons (Fsp3) is 0.609. The van der Waals surface area contributed by atoms with Gasteiger partial charge in [0.05, 0.1) is 25.5 Å². The molecule has 2 aromatic rings. The van der Waals surface area contributed by atoms with E-state index in [2.05, 4.69) is 26.9 Å². The van der Waals surface area contributed by atoms with E-state index in [4.69, 9.17) is 19.4 Å². The van der Waals surface area contributed by atoms with Gasteiger partial charge < -0.3 is 19.3 Å². The number of pyridine rings is 1. The maximum absolute atomic E-state index is 5.60. The summed E-state index contributed by atoms with van der Waals surface area (Å²) >= 11 is 0. The molecule has 0 unspecified atom stereocenters. The van der Waals surface area contributed by atoms with Crippen molar-refractivity contribution < 1.29 is 9.47 Å². The van der Waals surface area contributed by atoms with Gasteiger partial charge in [-0.1, -0.05) is 0 Å². The zero-order valence-corrected chi connectivity index (χ0v) is 17.6. The van der Waals surface area contributed by atoms with Crippen molar-refractivity contribution in [2.24, 2.45) is 5.92 Å². The summed E-state index contributed by atoms with van der Waals surface area (Å²) in [6, 6.07) is 4.13. The minimum Gasteiger partial charge on any atom is -0.381 e. The Kier molecular flexibility index (Phi) is 6.20. The number of ether oxygens (including phenoxy) is 2. The van der Waals surface area contributed by atoms with E-state index in [1.54, 1.807) is 0 Å². The standard InChI is InChI=1S/C23H31N5O2/c1-2-20(16-27(8-1)15-18-5-11-30-17-18)22-21(19-3-6-24-7-4-19)14-25-23(26-22)28-9-12-29-13-10-28/h3-4,6-7,14,18,20H,1-2,5,8-13,15-17H2/t18-,20+/m0/s1. The summed E-state index contributed by atoms with van der Waals surface area (Å²) in [6.45, 7) is 8.41. The van der Waals surface area contributed by atoms with Crippen molar-refractivity contribution in [3.8, 4) is 11.1 Å². The number of nitrogens with zero attached hydrogens (tertiary/aromatic N) is 5. The highest BCUT2D eigenvalue weighted by molar-refractivity contribution is 5.66.